The highest BCUT2D eigenvalue weighted by molar-refractivity contribution is 7.99. The second kappa shape index (κ2) is 10.7. The molecule has 0 radical (unpaired) electrons. The molecule has 2 aromatic rings. The van der Waals surface area contributed by atoms with Crippen LogP contribution in [0, 0.1) is 6.92 Å². The number of amides is 1. The van der Waals surface area contributed by atoms with Crippen molar-refractivity contribution in [3.63, 3.8) is 0 Å². The molecule has 0 unspecified atom stereocenters. The van der Waals surface area contributed by atoms with Gasteiger partial charge in [-0.3, -0.25) is 19.7 Å². The average molecular weight is 409 g/mol. The number of hydrogen-bond donors (Lipinski definition) is 1. The Morgan fingerprint density at radius 3 is 2.63 bits per heavy atom. The van der Waals surface area contributed by atoms with Gasteiger partial charge in [0.05, 0.1) is 25.6 Å². The number of nitrogens with one attached hydrogen (secondary N) is 1. The molecule has 1 aromatic heterocycles. The lowest BCUT2D eigenvalue weighted by Crippen LogP contribution is -2.21. The van der Waals surface area contributed by atoms with E-state index in [1.54, 1.807) is 17.1 Å². The van der Waals surface area contributed by atoms with E-state index < -0.39 is 17.8 Å². The predicted octanol–water partition coefficient (Wildman–Crippen LogP) is 2.83. The number of aromatic nitrogens is 1. The Morgan fingerprint density at radius 1 is 1.19 bits per heavy atom. The molecule has 144 valence electrons. The molecule has 0 fully saturated rings. The Labute approximate surface area is 165 Å². The van der Waals surface area contributed by atoms with E-state index in [0.717, 1.165) is 4.90 Å². The highest BCUT2D eigenvalue weighted by atomic mass is 32.2. The number of esters is 2. The smallest absolute Gasteiger partial charge is 0.311 e. The number of anilines is 1. The summed E-state index contributed by atoms with van der Waals surface area (Å²) in [6.07, 6.45) is 0.253. The molecule has 0 aliphatic carbocycles. The van der Waals surface area contributed by atoms with Gasteiger partial charge in [-0.25, -0.2) is 4.98 Å². The highest BCUT2D eigenvalue weighted by Crippen LogP contribution is 2.19. The first-order valence-electron chi connectivity index (χ1n) is 8.12. The number of rotatable bonds is 9. The topological polar surface area (TPSA) is 94.6 Å². The number of hydrogen-bond acceptors (Lipinski definition) is 8. The van der Waals surface area contributed by atoms with Gasteiger partial charge < -0.3 is 9.47 Å². The van der Waals surface area contributed by atoms with Gasteiger partial charge in [0.25, 0.3) is 5.91 Å². The van der Waals surface area contributed by atoms with Crippen LogP contribution in [0.1, 0.15) is 17.7 Å². The first-order chi connectivity index (χ1) is 13.0. The molecule has 1 aromatic carbocycles. The van der Waals surface area contributed by atoms with Gasteiger partial charge in [0.15, 0.2) is 11.7 Å². The number of carbonyl (C=O) groups is 3. The fourth-order valence-electron chi connectivity index (χ4n) is 1.93. The van der Waals surface area contributed by atoms with Crippen LogP contribution in [-0.2, 0) is 30.3 Å². The van der Waals surface area contributed by atoms with Crippen molar-refractivity contribution >= 4 is 46.1 Å². The Balaban J connectivity index is 1.65. The molecule has 1 heterocycles. The van der Waals surface area contributed by atoms with Crippen LogP contribution < -0.4 is 5.32 Å². The summed E-state index contributed by atoms with van der Waals surface area (Å²) in [5, 5.41) is 4.52. The van der Waals surface area contributed by atoms with Crippen LogP contribution in [0.25, 0.3) is 0 Å². The Kier molecular flexibility index (Phi) is 8.28. The molecule has 1 N–H and O–H groups in total. The van der Waals surface area contributed by atoms with E-state index in [9.17, 15) is 14.4 Å². The van der Waals surface area contributed by atoms with Crippen molar-refractivity contribution in [3.05, 3.63) is 40.9 Å². The van der Waals surface area contributed by atoms with E-state index in [-0.39, 0.29) is 19.4 Å². The van der Waals surface area contributed by atoms with Crippen molar-refractivity contribution < 1.29 is 23.9 Å². The maximum atomic E-state index is 11.8. The Bertz CT molecular complexity index is 789. The van der Waals surface area contributed by atoms with Gasteiger partial charge in [0.2, 0.25) is 0 Å². The zero-order valence-electron chi connectivity index (χ0n) is 15.0. The number of aryl methyl sites for hydroxylation is 1. The molecule has 7 nitrogen and oxygen atoms in total. The quantitative estimate of drug-likeness (QED) is 0.503. The third-order valence-electron chi connectivity index (χ3n) is 3.31. The standard InChI is InChI=1S/C18H20N2O5S2/c1-12-3-5-14(6-4-12)26-8-7-16(22)25-10-15(21)20-18-19-13(11-27-18)9-17(23)24-2/h3-6,11H,7-10H2,1-2H3,(H,19,20,21). The monoisotopic (exact) mass is 408 g/mol. The predicted molar refractivity (Wildman–Crippen MR) is 104 cm³/mol. The van der Waals surface area contributed by atoms with E-state index in [2.05, 4.69) is 15.0 Å². The number of nitrogens with zero attached hydrogens (tertiary/aromatic N) is 1. The molecule has 0 spiro atoms. The fraction of sp³-hybridized carbons (Fsp3) is 0.333. The molecule has 0 aliphatic rings. The molecule has 0 saturated carbocycles. The highest BCUT2D eigenvalue weighted by Gasteiger charge is 2.12. The SMILES string of the molecule is COC(=O)Cc1csc(NC(=O)COC(=O)CCSc2ccc(C)cc2)n1. The first-order valence-corrected chi connectivity index (χ1v) is 9.99. The zero-order valence-corrected chi connectivity index (χ0v) is 16.7. The van der Waals surface area contributed by atoms with Crippen LogP contribution >= 0.6 is 23.1 Å². The zero-order chi connectivity index (χ0) is 19.6. The van der Waals surface area contributed by atoms with Gasteiger partial charge in [-0.05, 0) is 19.1 Å². The van der Waals surface area contributed by atoms with Gasteiger partial charge >= 0.3 is 11.9 Å². The summed E-state index contributed by atoms with van der Waals surface area (Å²) in [6.45, 7) is 1.64. The maximum Gasteiger partial charge on any atom is 0.311 e. The minimum atomic E-state index is -0.478. The van der Waals surface area contributed by atoms with Crippen LogP contribution in [0.5, 0.6) is 0 Å². The lowest BCUT2D eigenvalue weighted by Gasteiger charge is -2.05. The molecule has 0 bridgehead atoms. The number of methoxy groups -OCH3 is 1. The van der Waals surface area contributed by atoms with Crippen LogP contribution in [-0.4, -0.2) is 42.3 Å². The summed E-state index contributed by atoms with van der Waals surface area (Å²) in [6, 6.07) is 8.03. The minimum absolute atomic E-state index is 0.0382. The third-order valence-corrected chi connectivity index (χ3v) is 5.13. The number of thiazole rings is 1. The summed E-state index contributed by atoms with van der Waals surface area (Å²) in [5.74, 6) is -0.744. The van der Waals surface area contributed by atoms with Gasteiger partial charge in [-0.1, -0.05) is 17.7 Å². The molecule has 2 rings (SSSR count). The number of benzene rings is 1. The summed E-state index contributed by atoms with van der Waals surface area (Å²) in [5.41, 5.74) is 1.69. The molecule has 27 heavy (non-hydrogen) atoms. The number of thioether (sulfide) groups is 1. The van der Waals surface area contributed by atoms with Crippen molar-refractivity contribution in [2.75, 3.05) is 24.8 Å². The van der Waals surface area contributed by atoms with Crippen molar-refractivity contribution in [2.45, 2.75) is 24.7 Å². The molecule has 0 atom stereocenters. The van der Waals surface area contributed by atoms with E-state index in [4.69, 9.17) is 4.74 Å². The lowest BCUT2D eigenvalue weighted by atomic mass is 10.2. The Morgan fingerprint density at radius 2 is 1.93 bits per heavy atom. The van der Waals surface area contributed by atoms with Crippen molar-refractivity contribution in [1.29, 1.82) is 0 Å². The largest absolute Gasteiger partial charge is 0.469 e. The summed E-state index contributed by atoms with van der Waals surface area (Å²) in [4.78, 5) is 39.9. The summed E-state index contributed by atoms with van der Waals surface area (Å²) < 4.78 is 9.51. The molecule has 9 heteroatoms. The third kappa shape index (κ3) is 7.79. The minimum Gasteiger partial charge on any atom is -0.469 e. The maximum absolute atomic E-state index is 11.8. The molecule has 1 amide bonds. The second-order valence-electron chi connectivity index (χ2n) is 5.52. The second-order valence-corrected chi connectivity index (χ2v) is 7.54. The Hall–Kier alpha value is -2.39. The van der Waals surface area contributed by atoms with Gasteiger partial charge in [-0.2, -0.15) is 0 Å². The summed E-state index contributed by atoms with van der Waals surface area (Å²) >= 11 is 2.74. The van der Waals surface area contributed by atoms with E-state index >= 15 is 0 Å². The lowest BCUT2D eigenvalue weighted by molar-refractivity contribution is -0.146. The van der Waals surface area contributed by atoms with Gasteiger partial charge in [0.1, 0.15) is 0 Å². The fourth-order valence-corrected chi connectivity index (χ4v) is 3.49. The van der Waals surface area contributed by atoms with Crippen LogP contribution in [0.3, 0.4) is 0 Å². The molecular formula is C18H20N2O5S2. The van der Waals surface area contributed by atoms with Crippen LogP contribution in [0.4, 0.5) is 5.13 Å². The molecular weight excluding hydrogens is 388 g/mol. The van der Waals surface area contributed by atoms with E-state index in [1.165, 1.54) is 24.0 Å². The van der Waals surface area contributed by atoms with Gasteiger partial charge in [0, 0.05) is 16.0 Å². The van der Waals surface area contributed by atoms with Gasteiger partial charge in [-0.15, -0.1) is 23.1 Å². The number of carbonyl (C=O) groups excluding carboxylic acids is 3. The van der Waals surface area contributed by atoms with Crippen LogP contribution in [0.2, 0.25) is 0 Å². The first kappa shape index (κ1) is 20.9. The van der Waals surface area contributed by atoms with E-state index in [1.807, 2.05) is 31.2 Å². The number of ether oxygens (including phenoxy) is 2. The van der Waals surface area contributed by atoms with Crippen molar-refractivity contribution in [2.24, 2.45) is 0 Å². The van der Waals surface area contributed by atoms with Crippen LogP contribution in [0.15, 0.2) is 34.5 Å². The molecule has 0 saturated heterocycles. The summed E-state index contributed by atoms with van der Waals surface area (Å²) in [7, 11) is 1.30. The van der Waals surface area contributed by atoms with E-state index in [0.29, 0.717) is 16.6 Å². The van der Waals surface area contributed by atoms with Crippen molar-refractivity contribution in [1.82, 2.24) is 4.98 Å². The van der Waals surface area contributed by atoms with Crippen molar-refractivity contribution in [3.8, 4) is 0 Å². The molecule has 0 aliphatic heterocycles. The average Bonchev–Trinajstić information content (AvgIpc) is 3.08. The normalized spacial score (nSPS) is 10.3.